The van der Waals surface area contributed by atoms with Gasteiger partial charge in [-0.15, -0.1) is 11.6 Å². The number of alkyl halides is 1. The van der Waals surface area contributed by atoms with Crippen LogP contribution in [0.3, 0.4) is 0 Å². The number of ether oxygens (including phenoxy) is 2. The Morgan fingerprint density at radius 2 is 1.84 bits per heavy atom. The van der Waals surface area contributed by atoms with Gasteiger partial charge in [-0.1, -0.05) is 31.4 Å². The Hall–Kier alpha value is -0.890. The monoisotopic (exact) mass is 282 g/mol. The van der Waals surface area contributed by atoms with Gasteiger partial charge >= 0.3 is 0 Å². The van der Waals surface area contributed by atoms with E-state index < -0.39 is 0 Å². The molecule has 0 bridgehead atoms. The summed E-state index contributed by atoms with van der Waals surface area (Å²) in [6.45, 7) is 0.717. The molecule has 1 aromatic rings. The van der Waals surface area contributed by atoms with Gasteiger partial charge < -0.3 is 9.47 Å². The second kappa shape index (κ2) is 7.64. The van der Waals surface area contributed by atoms with Crippen LogP contribution in [0, 0.1) is 5.92 Å². The first kappa shape index (κ1) is 14.5. The first-order valence-corrected chi connectivity index (χ1v) is 7.65. The van der Waals surface area contributed by atoms with E-state index in [1.165, 1.54) is 25.7 Å². The normalized spacial score (nSPS) is 23.7. The Labute approximate surface area is 121 Å². The smallest absolute Gasteiger partial charge is 0.161 e. The quantitative estimate of drug-likeness (QED) is 0.578. The molecule has 1 fully saturated rings. The maximum atomic E-state index is 6.45. The first-order valence-electron chi connectivity index (χ1n) is 7.21. The highest BCUT2D eigenvalue weighted by molar-refractivity contribution is 6.20. The van der Waals surface area contributed by atoms with Gasteiger partial charge in [0, 0.05) is 5.38 Å². The fourth-order valence-electron chi connectivity index (χ4n) is 2.72. The zero-order chi connectivity index (χ0) is 13.5. The average molecular weight is 283 g/mol. The lowest BCUT2D eigenvalue weighted by Crippen LogP contribution is -2.16. The van der Waals surface area contributed by atoms with Gasteiger partial charge in [-0.3, -0.25) is 0 Å². The van der Waals surface area contributed by atoms with Crippen LogP contribution in [0.15, 0.2) is 24.3 Å². The molecule has 0 saturated heterocycles. The third-order valence-corrected chi connectivity index (χ3v) is 4.46. The minimum atomic E-state index is 0.323. The molecule has 1 aliphatic rings. The van der Waals surface area contributed by atoms with E-state index in [0.717, 1.165) is 24.3 Å². The van der Waals surface area contributed by atoms with Crippen molar-refractivity contribution in [2.24, 2.45) is 5.92 Å². The van der Waals surface area contributed by atoms with Crippen molar-refractivity contribution in [2.75, 3.05) is 13.7 Å². The largest absolute Gasteiger partial charge is 0.493 e. The highest BCUT2D eigenvalue weighted by atomic mass is 35.5. The summed E-state index contributed by atoms with van der Waals surface area (Å²) in [4.78, 5) is 0. The minimum absolute atomic E-state index is 0.323. The van der Waals surface area contributed by atoms with E-state index in [2.05, 4.69) is 0 Å². The maximum absolute atomic E-state index is 6.45. The zero-order valence-electron chi connectivity index (χ0n) is 11.6. The van der Waals surface area contributed by atoms with E-state index in [1.54, 1.807) is 7.11 Å². The molecular weight excluding hydrogens is 260 g/mol. The van der Waals surface area contributed by atoms with Crippen molar-refractivity contribution in [1.82, 2.24) is 0 Å². The Morgan fingerprint density at radius 1 is 1.11 bits per heavy atom. The van der Waals surface area contributed by atoms with Crippen LogP contribution in [0.5, 0.6) is 11.5 Å². The number of hydrogen-bond donors (Lipinski definition) is 0. The summed E-state index contributed by atoms with van der Waals surface area (Å²) in [5, 5.41) is 0.323. The van der Waals surface area contributed by atoms with Gasteiger partial charge in [-0.2, -0.15) is 0 Å². The van der Waals surface area contributed by atoms with E-state index in [1.807, 2.05) is 24.3 Å². The van der Waals surface area contributed by atoms with Crippen LogP contribution in [-0.4, -0.2) is 19.1 Å². The summed E-state index contributed by atoms with van der Waals surface area (Å²) >= 11 is 6.45. The molecule has 3 heteroatoms. The van der Waals surface area contributed by atoms with E-state index >= 15 is 0 Å². The second-order valence-corrected chi connectivity index (χ2v) is 5.76. The minimum Gasteiger partial charge on any atom is -0.493 e. The molecule has 0 N–H and O–H groups in total. The van der Waals surface area contributed by atoms with Crippen LogP contribution < -0.4 is 9.47 Å². The lowest BCUT2D eigenvalue weighted by atomic mass is 9.96. The highest BCUT2D eigenvalue weighted by Crippen LogP contribution is 2.31. The molecule has 0 aliphatic heterocycles. The predicted molar refractivity (Wildman–Crippen MR) is 79.3 cm³/mol. The standard InChI is InChI=1S/C16H23ClO2/c1-18-15-9-5-6-10-16(15)19-12-11-13-7-3-2-4-8-14(13)17/h5-6,9-10,13-14H,2-4,7-8,11-12H2,1H3. The third-order valence-electron chi connectivity index (χ3n) is 3.88. The third kappa shape index (κ3) is 4.31. The van der Waals surface area contributed by atoms with Crippen LogP contribution in [0.2, 0.25) is 0 Å². The van der Waals surface area contributed by atoms with E-state index in [9.17, 15) is 0 Å². The number of hydrogen-bond acceptors (Lipinski definition) is 2. The molecule has 0 aromatic heterocycles. The Bertz CT molecular complexity index is 381. The molecule has 1 aromatic carbocycles. The molecule has 0 amide bonds. The van der Waals surface area contributed by atoms with Gasteiger partial charge in [0.15, 0.2) is 11.5 Å². The van der Waals surface area contributed by atoms with Gasteiger partial charge in [0.2, 0.25) is 0 Å². The molecule has 2 rings (SSSR count). The second-order valence-electron chi connectivity index (χ2n) is 5.20. The van der Waals surface area contributed by atoms with Crippen LogP contribution in [0.1, 0.15) is 38.5 Å². The molecule has 0 spiro atoms. The molecule has 19 heavy (non-hydrogen) atoms. The van der Waals surface area contributed by atoms with Gasteiger partial charge in [0.25, 0.3) is 0 Å². The molecule has 1 saturated carbocycles. The molecular formula is C16H23ClO2. The van der Waals surface area contributed by atoms with Gasteiger partial charge in [0.1, 0.15) is 0 Å². The first-order chi connectivity index (χ1) is 9.31. The van der Waals surface area contributed by atoms with Gasteiger partial charge in [-0.25, -0.2) is 0 Å². The maximum Gasteiger partial charge on any atom is 0.161 e. The fourth-order valence-corrected chi connectivity index (χ4v) is 3.13. The van der Waals surface area contributed by atoms with Crippen molar-refractivity contribution in [2.45, 2.75) is 43.9 Å². The molecule has 0 radical (unpaired) electrons. The average Bonchev–Trinajstić information content (AvgIpc) is 2.64. The summed E-state index contributed by atoms with van der Waals surface area (Å²) in [6, 6.07) is 7.79. The lowest BCUT2D eigenvalue weighted by molar-refractivity contribution is 0.256. The van der Waals surface area contributed by atoms with Gasteiger partial charge in [-0.05, 0) is 37.3 Å². The highest BCUT2D eigenvalue weighted by Gasteiger charge is 2.21. The molecule has 0 heterocycles. The van der Waals surface area contributed by atoms with E-state index in [0.29, 0.717) is 17.9 Å². The summed E-state index contributed by atoms with van der Waals surface area (Å²) in [7, 11) is 1.67. The lowest BCUT2D eigenvalue weighted by Gasteiger charge is -2.20. The van der Waals surface area contributed by atoms with Crippen LogP contribution in [-0.2, 0) is 0 Å². The molecule has 1 aliphatic carbocycles. The molecule has 2 unspecified atom stereocenters. The van der Waals surface area contributed by atoms with Crippen molar-refractivity contribution in [1.29, 1.82) is 0 Å². The van der Waals surface area contributed by atoms with Crippen molar-refractivity contribution in [3.8, 4) is 11.5 Å². The van der Waals surface area contributed by atoms with Gasteiger partial charge in [0.05, 0.1) is 13.7 Å². The summed E-state index contributed by atoms with van der Waals surface area (Å²) in [5.74, 6) is 2.22. The molecule has 2 nitrogen and oxygen atoms in total. The SMILES string of the molecule is COc1ccccc1OCCC1CCCCCC1Cl. The summed E-state index contributed by atoms with van der Waals surface area (Å²) in [5.41, 5.74) is 0. The number of benzene rings is 1. The van der Waals surface area contributed by atoms with E-state index in [4.69, 9.17) is 21.1 Å². The Balaban J connectivity index is 1.82. The predicted octanol–water partition coefficient (Wildman–Crippen LogP) is 4.65. The molecule has 2 atom stereocenters. The summed E-state index contributed by atoms with van der Waals surface area (Å²) in [6.07, 6.45) is 7.34. The van der Waals surface area contributed by atoms with E-state index in [-0.39, 0.29) is 0 Å². The van der Waals surface area contributed by atoms with Crippen molar-refractivity contribution in [3.05, 3.63) is 24.3 Å². The van der Waals surface area contributed by atoms with Crippen molar-refractivity contribution >= 4 is 11.6 Å². The number of rotatable bonds is 5. The topological polar surface area (TPSA) is 18.5 Å². The van der Waals surface area contributed by atoms with Crippen molar-refractivity contribution < 1.29 is 9.47 Å². The summed E-state index contributed by atoms with van der Waals surface area (Å²) < 4.78 is 11.1. The Kier molecular flexibility index (Phi) is 5.84. The Morgan fingerprint density at radius 3 is 2.63 bits per heavy atom. The molecule has 106 valence electrons. The van der Waals surface area contributed by atoms with Crippen LogP contribution in [0.4, 0.5) is 0 Å². The number of halogens is 1. The van der Waals surface area contributed by atoms with Crippen molar-refractivity contribution in [3.63, 3.8) is 0 Å². The zero-order valence-corrected chi connectivity index (χ0v) is 12.4. The number of methoxy groups -OCH3 is 1. The van der Waals surface area contributed by atoms with Crippen LogP contribution >= 0.6 is 11.6 Å². The van der Waals surface area contributed by atoms with Crippen LogP contribution in [0.25, 0.3) is 0 Å². The fraction of sp³-hybridized carbons (Fsp3) is 0.625. The number of para-hydroxylation sites is 2.